The fraction of sp³-hybridized carbons (Fsp3) is 0.429. The predicted molar refractivity (Wildman–Crippen MR) is 42.6 cm³/mol. The standard InChI is InChI=1S/C7H10FN3O2/c1-3-5(11-7(8)10-3)2-4(9)6(12)13/h4H,2,9H2,1H3,(H,10,11)(H,12,13). The van der Waals surface area contributed by atoms with Crippen molar-refractivity contribution in [2.45, 2.75) is 19.4 Å². The second kappa shape index (κ2) is 3.53. The lowest BCUT2D eigenvalue weighted by Gasteiger charge is -2.03. The van der Waals surface area contributed by atoms with Gasteiger partial charge in [0.2, 0.25) is 0 Å². The summed E-state index contributed by atoms with van der Waals surface area (Å²) in [5, 5.41) is 8.48. The smallest absolute Gasteiger partial charge is 0.320 e. The van der Waals surface area contributed by atoms with E-state index < -0.39 is 18.1 Å². The summed E-state index contributed by atoms with van der Waals surface area (Å²) in [5.41, 5.74) is 6.11. The highest BCUT2D eigenvalue weighted by molar-refractivity contribution is 5.73. The van der Waals surface area contributed by atoms with Crippen LogP contribution in [0.25, 0.3) is 0 Å². The van der Waals surface area contributed by atoms with Crippen LogP contribution in [0.3, 0.4) is 0 Å². The number of nitrogens with one attached hydrogen (secondary N) is 1. The molecule has 72 valence electrons. The van der Waals surface area contributed by atoms with Gasteiger partial charge in [0.1, 0.15) is 6.04 Å². The van der Waals surface area contributed by atoms with Crippen LogP contribution in [0.5, 0.6) is 0 Å². The number of nitrogens with two attached hydrogens (primary N) is 1. The first kappa shape index (κ1) is 9.66. The molecule has 13 heavy (non-hydrogen) atoms. The average Bonchev–Trinajstić information content (AvgIpc) is 2.30. The number of aromatic amines is 1. The number of aromatic nitrogens is 2. The van der Waals surface area contributed by atoms with E-state index in [1.165, 1.54) is 0 Å². The van der Waals surface area contributed by atoms with Gasteiger partial charge in [-0.1, -0.05) is 0 Å². The number of nitrogens with zero attached hydrogens (tertiary/aromatic N) is 1. The van der Waals surface area contributed by atoms with Crippen molar-refractivity contribution in [3.05, 3.63) is 17.5 Å². The quantitative estimate of drug-likeness (QED) is 0.611. The van der Waals surface area contributed by atoms with Crippen LogP contribution in [0, 0.1) is 13.0 Å². The van der Waals surface area contributed by atoms with Gasteiger partial charge >= 0.3 is 5.97 Å². The molecule has 1 aromatic rings. The molecule has 1 atom stereocenters. The number of rotatable bonds is 3. The first-order chi connectivity index (χ1) is 6.00. The Labute approximate surface area is 73.8 Å². The zero-order valence-electron chi connectivity index (χ0n) is 7.04. The lowest BCUT2D eigenvalue weighted by atomic mass is 10.1. The van der Waals surface area contributed by atoms with Crippen LogP contribution in [0.2, 0.25) is 0 Å². The monoisotopic (exact) mass is 187 g/mol. The molecule has 0 aliphatic carbocycles. The number of carboxylic acid groups (broad SMARTS) is 1. The van der Waals surface area contributed by atoms with Crippen molar-refractivity contribution in [1.82, 2.24) is 9.97 Å². The van der Waals surface area contributed by atoms with Gasteiger partial charge in [0, 0.05) is 12.1 Å². The third-order valence-electron chi connectivity index (χ3n) is 1.69. The molecule has 0 bridgehead atoms. The number of hydrogen-bond donors (Lipinski definition) is 3. The molecule has 1 unspecified atom stereocenters. The Balaban J connectivity index is 2.74. The Morgan fingerprint density at radius 2 is 2.46 bits per heavy atom. The third-order valence-corrected chi connectivity index (χ3v) is 1.69. The fourth-order valence-corrected chi connectivity index (χ4v) is 0.952. The summed E-state index contributed by atoms with van der Waals surface area (Å²) in [6.07, 6.45) is -0.688. The molecule has 0 saturated heterocycles. The van der Waals surface area contributed by atoms with Crippen LogP contribution >= 0.6 is 0 Å². The maximum absolute atomic E-state index is 12.5. The van der Waals surface area contributed by atoms with E-state index in [-0.39, 0.29) is 6.42 Å². The lowest BCUT2D eigenvalue weighted by Crippen LogP contribution is -2.32. The third kappa shape index (κ3) is 2.25. The van der Waals surface area contributed by atoms with Crippen molar-refractivity contribution < 1.29 is 14.3 Å². The largest absolute Gasteiger partial charge is 0.480 e. The molecule has 0 saturated carbocycles. The number of H-pyrrole nitrogens is 1. The number of carboxylic acids is 1. The number of carbonyl (C=O) groups is 1. The minimum atomic E-state index is -1.12. The number of hydrogen-bond acceptors (Lipinski definition) is 3. The van der Waals surface area contributed by atoms with Crippen LogP contribution in [-0.2, 0) is 11.2 Å². The van der Waals surface area contributed by atoms with Gasteiger partial charge in [0.05, 0.1) is 5.69 Å². The average molecular weight is 187 g/mol. The van der Waals surface area contributed by atoms with Crippen molar-refractivity contribution in [3.8, 4) is 0 Å². The normalized spacial score (nSPS) is 12.8. The van der Waals surface area contributed by atoms with Gasteiger partial charge in [0.25, 0.3) is 6.08 Å². The topological polar surface area (TPSA) is 92.0 Å². The number of aryl methyl sites for hydroxylation is 1. The van der Waals surface area contributed by atoms with Gasteiger partial charge in [0.15, 0.2) is 0 Å². The Kier molecular flexibility index (Phi) is 2.62. The zero-order chi connectivity index (χ0) is 10.0. The van der Waals surface area contributed by atoms with E-state index in [0.717, 1.165) is 0 Å². The van der Waals surface area contributed by atoms with Gasteiger partial charge in [-0.3, -0.25) is 4.79 Å². The Bertz CT molecular complexity index is 324. The molecule has 0 aliphatic heterocycles. The van der Waals surface area contributed by atoms with Gasteiger partial charge in [-0.05, 0) is 6.92 Å². The number of imidazole rings is 1. The molecular weight excluding hydrogens is 177 g/mol. The second-order valence-electron chi connectivity index (χ2n) is 2.75. The summed E-state index contributed by atoms with van der Waals surface area (Å²) in [4.78, 5) is 16.2. The highest BCUT2D eigenvalue weighted by atomic mass is 19.1. The van der Waals surface area contributed by atoms with Crippen molar-refractivity contribution in [2.75, 3.05) is 0 Å². The van der Waals surface area contributed by atoms with Crippen LogP contribution in [-0.4, -0.2) is 27.1 Å². The van der Waals surface area contributed by atoms with E-state index in [9.17, 15) is 9.18 Å². The molecule has 1 rings (SSSR count). The summed E-state index contributed by atoms with van der Waals surface area (Å²) in [5.74, 6) is -1.12. The molecule has 0 spiro atoms. The summed E-state index contributed by atoms with van der Waals surface area (Å²) >= 11 is 0. The Morgan fingerprint density at radius 3 is 2.85 bits per heavy atom. The lowest BCUT2D eigenvalue weighted by molar-refractivity contribution is -0.138. The molecule has 1 heterocycles. The van der Waals surface area contributed by atoms with Crippen LogP contribution in [0.4, 0.5) is 4.39 Å². The predicted octanol–water partition coefficient (Wildman–Crippen LogP) is -0.188. The maximum atomic E-state index is 12.5. The van der Waals surface area contributed by atoms with Gasteiger partial charge in [-0.15, -0.1) is 0 Å². The van der Waals surface area contributed by atoms with Gasteiger partial charge < -0.3 is 15.8 Å². The summed E-state index contributed by atoms with van der Waals surface area (Å²) in [6.45, 7) is 1.61. The van der Waals surface area contributed by atoms with Crippen molar-refractivity contribution >= 4 is 5.97 Å². The van der Waals surface area contributed by atoms with Crippen LogP contribution < -0.4 is 5.73 Å². The van der Waals surface area contributed by atoms with E-state index in [2.05, 4.69) is 9.97 Å². The maximum Gasteiger partial charge on any atom is 0.320 e. The van der Waals surface area contributed by atoms with Crippen molar-refractivity contribution in [3.63, 3.8) is 0 Å². The second-order valence-corrected chi connectivity index (χ2v) is 2.75. The molecule has 1 aromatic heterocycles. The van der Waals surface area contributed by atoms with E-state index in [0.29, 0.717) is 11.4 Å². The fourth-order valence-electron chi connectivity index (χ4n) is 0.952. The minimum Gasteiger partial charge on any atom is -0.480 e. The minimum absolute atomic E-state index is 0.0294. The van der Waals surface area contributed by atoms with Crippen LogP contribution in [0.1, 0.15) is 11.4 Å². The van der Waals surface area contributed by atoms with Gasteiger partial charge in [-0.25, -0.2) is 4.98 Å². The summed E-state index contributed by atoms with van der Waals surface area (Å²) in [7, 11) is 0. The Hall–Kier alpha value is -1.43. The molecule has 0 aliphatic rings. The van der Waals surface area contributed by atoms with E-state index >= 15 is 0 Å². The highest BCUT2D eigenvalue weighted by Gasteiger charge is 2.16. The van der Waals surface area contributed by atoms with Crippen LogP contribution in [0.15, 0.2) is 0 Å². The zero-order valence-corrected chi connectivity index (χ0v) is 7.04. The Morgan fingerprint density at radius 1 is 1.85 bits per heavy atom. The summed E-state index contributed by atoms with van der Waals surface area (Å²) in [6, 6.07) is -1.04. The molecule has 0 aromatic carbocycles. The van der Waals surface area contributed by atoms with Crippen molar-refractivity contribution in [1.29, 1.82) is 0 Å². The first-order valence-corrected chi connectivity index (χ1v) is 3.70. The highest BCUT2D eigenvalue weighted by Crippen LogP contribution is 2.05. The SMILES string of the molecule is Cc1[nH]c(F)nc1CC(N)C(=O)O. The molecule has 4 N–H and O–H groups in total. The van der Waals surface area contributed by atoms with Gasteiger partial charge in [-0.2, -0.15) is 4.39 Å². The molecule has 6 heteroatoms. The molecule has 0 radical (unpaired) electrons. The molecule has 0 fully saturated rings. The summed E-state index contributed by atoms with van der Waals surface area (Å²) < 4.78 is 12.5. The van der Waals surface area contributed by atoms with Crippen molar-refractivity contribution in [2.24, 2.45) is 5.73 Å². The molecule has 5 nitrogen and oxygen atoms in total. The number of aliphatic carboxylic acids is 1. The van der Waals surface area contributed by atoms with E-state index in [1.54, 1.807) is 6.92 Å². The van der Waals surface area contributed by atoms with E-state index in [1.807, 2.05) is 0 Å². The number of halogens is 1. The van der Waals surface area contributed by atoms with E-state index in [4.69, 9.17) is 10.8 Å². The molecular formula is C7H10FN3O2. The molecule has 0 amide bonds. The first-order valence-electron chi connectivity index (χ1n) is 3.70.